The summed E-state index contributed by atoms with van der Waals surface area (Å²) in [4.78, 5) is 4.59. The number of rotatable bonds is 2. The first kappa shape index (κ1) is 11.9. The molecule has 0 saturated heterocycles. The molecule has 0 aliphatic carbocycles. The van der Waals surface area contributed by atoms with Crippen molar-refractivity contribution in [3.8, 4) is 0 Å². The standard InChI is InChI=1S/C17H12ClN/c18-15-8-11-17-14(12-15)7-10-16(19-17)9-6-13-4-2-1-3-5-13/h1-12H/b9-6+. The van der Waals surface area contributed by atoms with Crippen LogP contribution >= 0.6 is 11.6 Å². The summed E-state index contributed by atoms with van der Waals surface area (Å²) in [6.45, 7) is 0. The first-order chi connectivity index (χ1) is 9.31. The van der Waals surface area contributed by atoms with Gasteiger partial charge in [-0.1, -0.05) is 54.1 Å². The van der Waals surface area contributed by atoms with E-state index in [4.69, 9.17) is 11.6 Å². The van der Waals surface area contributed by atoms with E-state index in [-0.39, 0.29) is 0 Å². The number of halogens is 1. The van der Waals surface area contributed by atoms with Crippen LogP contribution in [-0.2, 0) is 0 Å². The molecular formula is C17H12ClN. The van der Waals surface area contributed by atoms with E-state index in [2.05, 4.69) is 23.2 Å². The molecule has 92 valence electrons. The summed E-state index contributed by atoms with van der Waals surface area (Å²) in [5, 5.41) is 1.80. The number of aromatic nitrogens is 1. The Morgan fingerprint density at radius 1 is 0.842 bits per heavy atom. The van der Waals surface area contributed by atoms with E-state index >= 15 is 0 Å². The zero-order valence-electron chi connectivity index (χ0n) is 10.3. The molecule has 0 radical (unpaired) electrons. The van der Waals surface area contributed by atoms with Crippen molar-refractivity contribution in [1.29, 1.82) is 0 Å². The molecule has 0 saturated carbocycles. The van der Waals surface area contributed by atoms with Crippen LogP contribution in [-0.4, -0.2) is 4.98 Å². The van der Waals surface area contributed by atoms with Gasteiger partial charge in [0, 0.05) is 10.4 Å². The fourth-order valence-electron chi connectivity index (χ4n) is 1.95. The van der Waals surface area contributed by atoms with Crippen molar-refractivity contribution in [3.63, 3.8) is 0 Å². The fourth-order valence-corrected chi connectivity index (χ4v) is 2.13. The maximum absolute atomic E-state index is 5.96. The van der Waals surface area contributed by atoms with Crippen LogP contribution in [0.25, 0.3) is 23.1 Å². The summed E-state index contributed by atoms with van der Waals surface area (Å²) in [6.07, 6.45) is 4.08. The molecule has 3 rings (SSSR count). The van der Waals surface area contributed by atoms with E-state index in [0.29, 0.717) is 0 Å². The average molecular weight is 266 g/mol. The van der Waals surface area contributed by atoms with Crippen LogP contribution < -0.4 is 0 Å². The molecule has 0 aliphatic rings. The number of hydrogen-bond acceptors (Lipinski definition) is 1. The molecule has 0 N–H and O–H groups in total. The zero-order chi connectivity index (χ0) is 13.1. The fraction of sp³-hybridized carbons (Fsp3) is 0. The Kier molecular flexibility index (Phi) is 3.30. The third-order valence-electron chi connectivity index (χ3n) is 2.92. The molecule has 2 heteroatoms. The second kappa shape index (κ2) is 5.25. The average Bonchev–Trinajstić information content (AvgIpc) is 2.46. The maximum Gasteiger partial charge on any atom is 0.0710 e. The van der Waals surface area contributed by atoms with Crippen molar-refractivity contribution < 1.29 is 0 Å². The van der Waals surface area contributed by atoms with E-state index in [0.717, 1.165) is 21.6 Å². The summed E-state index contributed by atoms with van der Waals surface area (Å²) in [5.41, 5.74) is 3.07. The van der Waals surface area contributed by atoms with Crippen molar-refractivity contribution in [1.82, 2.24) is 4.98 Å². The highest BCUT2D eigenvalue weighted by molar-refractivity contribution is 6.31. The second-order valence-corrected chi connectivity index (χ2v) is 4.75. The summed E-state index contributed by atoms with van der Waals surface area (Å²) in [5.74, 6) is 0. The molecule has 0 atom stereocenters. The molecule has 0 amide bonds. The number of fused-ring (bicyclic) bond motifs is 1. The molecule has 0 fully saturated rings. The van der Waals surface area contributed by atoms with Crippen LogP contribution in [0.4, 0.5) is 0 Å². The first-order valence-corrected chi connectivity index (χ1v) is 6.48. The summed E-state index contributed by atoms with van der Waals surface area (Å²) >= 11 is 5.96. The molecule has 0 bridgehead atoms. The van der Waals surface area contributed by atoms with Gasteiger partial charge in [0.1, 0.15) is 0 Å². The smallest absolute Gasteiger partial charge is 0.0710 e. The lowest BCUT2D eigenvalue weighted by molar-refractivity contribution is 1.37. The van der Waals surface area contributed by atoms with Gasteiger partial charge in [-0.15, -0.1) is 0 Å². The SMILES string of the molecule is Clc1ccc2nc(/C=C/c3ccccc3)ccc2c1. The van der Waals surface area contributed by atoms with Crippen LogP contribution in [0.3, 0.4) is 0 Å². The summed E-state index contributed by atoms with van der Waals surface area (Å²) in [6, 6.07) is 20.0. The molecule has 0 unspecified atom stereocenters. The highest BCUT2D eigenvalue weighted by Gasteiger charge is 1.97. The third-order valence-corrected chi connectivity index (χ3v) is 3.15. The van der Waals surface area contributed by atoms with Gasteiger partial charge in [0.2, 0.25) is 0 Å². The normalized spacial score (nSPS) is 11.2. The van der Waals surface area contributed by atoms with E-state index in [1.54, 1.807) is 0 Å². The lowest BCUT2D eigenvalue weighted by Gasteiger charge is -1.99. The second-order valence-electron chi connectivity index (χ2n) is 4.32. The van der Waals surface area contributed by atoms with Gasteiger partial charge in [-0.3, -0.25) is 0 Å². The largest absolute Gasteiger partial charge is 0.248 e. The Hall–Kier alpha value is -2.12. The topological polar surface area (TPSA) is 12.9 Å². The van der Waals surface area contributed by atoms with Crippen LogP contribution in [0, 0.1) is 0 Å². The van der Waals surface area contributed by atoms with Gasteiger partial charge in [-0.05, 0) is 35.9 Å². The van der Waals surface area contributed by atoms with Gasteiger partial charge in [-0.2, -0.15) is 0 Å². The van der Waals surface area contributed by atoms with E-state index in [1.807, 2.05) is 54.6 Å². The van der Waals surface area contributed by atoms with Crippen molar-refractivity contribution in [2.45, 2.75) is 0 Å². The molecule has 1 aromatic heterocycles. The molecule has 2 aromatic carbocycles. The Labute approximate surface area is 117 Å². The van der Waals surface area contributed by atoms with Crippen LogP contribution in [0.5, 0.6) is 0 Å². The molecular weight excluding hydrogens is 254 g/mol. The minimum Gasteiger partial charge on any atom is -0.248 e. The zero-order valence-corrected chi connectivity index (χ0v) is 11.0. The predicted molar refractivity (Wildman–Crippen MR) is 82.1 cm³/mol. The van der Waals surface area contributed by atoms with Crippen molar-refractivity contribution in [2.24, 2.45) is 0 Å². The van der Waals surface area contributed by atoms with Crippen molar-refractivity contribution >= 4 is 34.7 Å². The highest BCUT2D eigenvalue weighted by atomic mass is 35.5. The molecule has 3 aromatic rings. The Balaban J connectivity index is 1.94. The summed E-state index contributed by atoms with van der Waals surface area (Å²) in [7, 11) is 0. The first-order valence-electron chi connectivity index (χ1n) is 6.11. The monoisotopic (exact) mass is 265 g/mol. The minimum atomic E-state index is 0.738. The number of nitrogens with zero attached hydrogens (tertiary/aromatic N) is 1. The van der Waals surface area contributed by atoms with Crippen molar-refractivity contribution in [3.05, 3.63) is 76.9 Å². The van der Waals surface area contributed by atoms with Crippen LogP contribution in [0.1, 0.15) is 11.3 Å². The lowest BCUT2D eigenvalue weighted by atomic mass is 10.1. The van der Waals surface area contributed by atoms with E-state index in [9.17, 15) is 0 Å². The quantitative estimate of drug-likeness (QED) is 0.631. The van der Waals surface area contributed by atoms with Gasteiger partial charge in [0.25, 0.3) is 0 Å². The molecule has 0 spiro atoms. The van der Waals surface area contributed by atoms with Gasteiger partial charge in [-0.25, -0.2) is 4.98 Å². The summed E-state index contributed by atoms with van der Waals surface area (Å²) < 4.78 is 0. The molecule has 19 heavy (non-hydrogen) atoms. The highest BCUT2D eigenvalue weighted by Crippen LogP contribution is 2.18. The lowest BCUT2D eigenvalue weighted by Crippen LogP contribution is -1.83. The van der Waals surface area contributed by atoms with Gasteiger partial charge >= 0.3 is 0 Å². The number of pyridine rings is 1. The van der Waals surface area contributed by atoms with Gasteiger partial charge in [0.15, 0.2) is 0 Å². The minimum absolute atomic E-state index is 0.738. The van der Waals surface area contributed by atoms with Gasteiger partial charge in [0.05, 0.1) is 11.2 Å². The number of hydrogen-bond donors (Lipinski definition) is 0. The van der Waals surface area contributed by atoms with E-state index in [1.165, 1.54) is 5.56 Å². The number of benzene rings is 2. The van der Waals surface area contributed by atoms with Crippen LogP contribution in [0.15, 0.2) is 60.7 Å². The van der Waals surface area contributed by atoms with Crippen molar-refractivity contribution in [2.75, 3.05) is 0 Å². The molecule has 0 aliphatic heterocycles. The Morgan fingerprint density at radius 2 is 1.68 bits per heavy atom. The molecule has 1 heterocycles. The Morgan fingerprint density at radius 3 is 2.53 bits per heavy atom. The predicted octanol–water partition coefficient (Wildman–Crippen LogP) is 5.06. The van der Waals surface area contributed by atoms with E-state index < -0.39 is 0 Å². The third kappa shape index (κ3) is 2.83. The molecule has 1 nitrogen and oxygen atoms in total. The van der Waals surface area contributed by atoms with Crippen LogP contribution in [0.2, 0.25) is 5.02 Å². The maximum atomic E-state index is 5.96. The van der Waals surface area contributed by atoms with Gasteiger partial charge < -0.3 is 0 Å². The Bertz CT molecular complexity index is 733.